The fourth-order valence-electron chi connectivity index (χ4n) is 2.48. The van der Waals surface area contributed by atoms with Crippen LogP contribution in [0.25, 0.3) is 0 Å². The van der Waals surface area contributed by atoms with Crippen molar-refractivity contribution in [1.29, 1.82) is 0 Å². The van der Waals surface area contributed by atoms with E-state index in [9.17, 15) is 9.90 Å². The van der Waals surface area contributed by atoms with Gasteiger partial charge in [0.1, 0.15) is 0 Å². The van der Waals surface area contributed by atoms with Gasteiger partial charge in [-0.1, -0.05) is 32.8 Å². The molecule has 0 aromatic carbocycles. The fourth-order valence-corrected chi connectivity index (χ4v) is 2.48. The Kier molecular flexibility index (Phi) is 6.65. The van der Waals surface area contributed by atoms with Crippen LogP contribution in [0.1, 0.15) is 57.3 Å². The highest BCUT2D eigenvalue weighted by molar-refractivity contribution is 5.76. The van der Waals surface area contributed by atoms with Crippen LogP contribution in [0, 0.1) is 6.92 Å². The van der Waals surface area contributed by atoms with Gasteiger partial charge in [0.05, 0.1) is 24.3 Å². The minimum atomic E-state index is -0.867. The van der Waals surface area contributed by atoms with E-state index in [1.54, 1.807) is 0 Å². The van der Waals surface area contributed by atoms with Crippen molar-refractivity contribution in [3.8, 4) is 0 Å². The van der Waals surface area contributed by atoms with Crippen LogP contribution < -0.4 is 5.32 Å². The Labute approximate surface area is 121 Å². The normalized spacial score (nSPS) is 11.4. The van der Waals surface area contributed by atoms with Gasteiger partial charge in [0.2, 0.25) is 5.91 Å². The molecule has 1 heterocycles. The van der Waals surface area contributed by atoms with Crippen molar-refractivity contribution in [2.45, 2.75) is 65.0 Å². The van der Waals surface area contributed by atoms with E-state index < -0.39 is 5.60 Å². The molecule has 4 heteroatoms. The van der Waals surface area contributed by atoms with Crippen LogP contribution in [0.3, 0.4) is 0 Å². The SMILES string of the molecule is CCCC(O)(CCC)CC(=O)NCc1cccc(C)n1. The molecule has 0 atom stereocenters. The van der Waals surface area contributed by atoms with Gasteiger partial charge in [-0.2, -0.15) is 0 Å². The Hall–Kier alpha value is -1.42. The van der Waals surface area contributed by atoms with Gasteiger partial charge < -0.3 is 10.4 Å². The first-order valence-electron chi connectivity index (χ1n) is 7.40. The van der Waals surface area contributed by atoms with Gasteiger partial charge in [-0.05, 0) is 31.9 Å². The highest BCUT2D eigenvalue weighted by Crippen LogP contribution is 2.23. The van der Waals surface area contributed by atoms with Gasteiger partial charge in [-0.15, -0.1) is 0 Å². The molecule has 20 heavy (non-hydrogen) atoms. The van der Waals surface area contributed by atoms with Crippen molar-refractivity contribution in [2.24, 2.45) is 0 Å². The molecule has 0 radical (unpaired) electrons. The number of pyridine rings is 1. The Morgan fingerprint density at radius 1 is 1.30 bits per heavy atom. The standard InChI is InChI=1S/C16H26N2O2/c1-4-9-16(20,10-5-2)11-15(19)17-12-14-8-6-7-13(3)18-14/h6-8,20H,4-5,9-12H2,1-3H3,(H,17,19). The summed E-state index contributed by atoms with van der Waals surface area (Å²) in [4.78, 5) is 16.3. The summed E-state index contributed by atoms with van der Waals surface area (Å²) in [7, 11) is 0. The van der Waals surface area contributed by atoms with Crippen molar-refractivity contribution in [3.63, 3.8) is 0 Å². The first-order chi connectivity index (χ1) is 9.49. The lowest BCUT2D eigenvalue weighted by Gasteiger charge is -2.26. The average Bonchev–Trinajstić information content (AvgIpc) is 2.37. The Morgan fingerprint density at radius 2 is 1.95 bits per heavy atom. The largest absolute Gasteiger partial charge is 0.389 e. The number of carbonyl (C=O) groups is 1. The van der Waals surface area contributed by atoms with Crippen molar-refractivity contribution in [1.82, 2.24) is 10.3 Å². The molecule has 0 fully saturated rings. The molecule has 0 bridgehead atoms. The third-order valence-electron chi connectivity index (χ3n) is 3.33. The molecule has 0 unspecified atom stereocenters. The summed E-state index contributed by atoms with van der Waals surface area (Å²) in [5.74, 6) is -0.113. The molecular formula is C16H26N2O2. The number of rotatable bonds is 8. The van der Waals surface area contributed by atoms with E-state index in [4.69, 9.17) is 0 Å². The molecule has 1 amide bonds. The molecule has 0 saturated carbocycles. The molecular weight excluding hydrogens is 252 g/mol. The number of carbonyl (C=O) groups excluding carboxylic acids is 1. The Balaban J connectivity index is 2.49. The second-order valence-electron chi connectivity index (χ2n) is 5.45. The number of nitrogens with zero attached hydrogens (tertiary/aromatic N) is 1. The molecule has 1 aromatic heterocycles. The molecule has 0 aliphatic carbocycles. The maximum Gasteiger partial charge on any atom is 0.223 e. The number of amides is 1. The highest BCUT2D eigenvalue weighted by Gasteiger charge is 2.27. The van der Waals surface area contributed by atoms with Gasteiger partial charge in [0.15, 0.2) is 0 Å². The molecule has 2 N–H and O–H groups in total. The molecule has 1 rings (SSSR count). The molecule has 1 aromatic rings. The van der Waals surface area contributed by atoms with E-state index in [2.05, 4.69) is 10.3 Å². The van der Waals surface area contributed by atoms with E-state index >= 15 is 0 Å². The van der Waals surface area contributed by atoms with Crippen LogP contribution in [-0.4, -0.2) is 21.6 Å². The lowest BCUT2D eigenvalue weighted by Crippen LogP contribution is -2.36. The first-order valence-corrected chi connectivity index (χ1v) is 7.40. The summed E-state index contributed by atoms with van der Waals surface area (Å²) in [6, 6.07) is 5.73. The smallest absolute Gasteiger partial charge is 0.223 e. The highest BCUT2D eigenvalue weighted by atomic mass is 16.3. The van der Waals surface area contributed by atoms with E-state index in [-0.39, 0.29) is 12.3 Å². The number of nitrogens with one attached hydrogen (secondary N) is 1. The zero-order chi connectivity index (χ0) is 15.0. The maximum absolute atomic E-state index is 12.0. The van der Waals surface area contributed by atoms with Crippen LogP contribution in [0.4, 0.5) is 0 Å². The molecule has 112 valence electrons. The number of aliphatic hydroxyl groups is 1. The minimum absolute atomic E-state index is 0.113. The summed E-state index contributed by atoms with van der Waals surface area (Å²) in [6.45, 7) is 6.38. The number of aryl methyl sites for hydroxylation is 1. The third-order valence-corrected chi connectivity index (χ3v) is 3.33. The van der Waals surface area contributed by atoms with Crippen LogP contribution in [0.2, 0.25) is 0 Å². The van der Waals surface area contributed by atoms with Crippen LogP contribution in [0.5, 0.6) is 0 Å². The minimum Gasteiger partial charge on any atom is -0.389 e. The van der Waals surface area contributed by atoms with E-state index in [0.717, 1.165) is 24.2 Å². The van der Waals surface area contributed by atoms with Crippen molar-refractivity contribution in [2.75, 3.05) is 0 Å². The monoisotopic (exact) mass is 278 g/mol. The van der Waals surface area contributed by atoms with Gasteiger partial charge in [-0.25, -0.2) is 0 Å². The second kappa shape index (κ2) is 8.00. The Bertz CT molecular complexity index is 426. The number of aromatic nitrogens is 1. The molecule has 0 aliphatic heterocycles. The molecule has 0 saturated heterocycles. The number of hydrogen-bond acceptors (Lipinski definition) is 3. The van der Waals surface area contributed by atoms with E-state index in [1.165, 1.54) is 0 Å². The molecule has 4 nitrogen and oxygen atoms in total. The van der Waals surface area contributed by atoms with Crippen LogP contribution in [-0.2, 0) is 11.3 Å². The summed E-state index contributed by atoms with van der Waals surface area (Å²) in [5.41, 5.74) is 0.909. The lowest BCUT2D eigenvalue weighted by molar-refractivity contribution is -0.126. The second-order valence-corrected chi connectivity index (χ2v) is 5.45. The summed E-state index contributed by atoms with van der Waals surface area (Å²) in [6.07, 6.45) is 3.25. The van der Waals surface area contributed by atoms with Crippen LogP contribution >= 0.6 is 0 Å². The van der Waals surface area contributed by atoms with Crippen LogP contribution in [0.15, 0.2) is 18.2 Å². The molecule has 0 spiro atoms. The summed E-state index contributed by atoms with van der Waals surface area (Å²) >= 11 is 0. The van der Waals surface area contributed by atoms with Gasteiger partial charge in [0.25, 0.3) is 0 Å². The molecule has 0 aliphatic rings. The predicted octanol–water partition coefficient (Wildman–Crippen LogP) is 2.73. The third kappa shape index (κ3) is 5.70. The average molecular weight is 278 g/mol. The van der Waals surface area contributed by atoms with Gasteiger partial charge in [-0.3, -0.25) is 9.78 Å². The number of hydrogen-bond donors (Lipinski definition) is 2. The van der Waals surface area contributed by atoms with E-state index in [1.807, 2.05) is 39.0 Å². The first kappa shape index (κ1) is 16.6. The Morgan fingerprint density at radius 3 is 2.50 bits per heavy atom. The maximum atomic E-state index is 12.0. The van der Waals surface area contributed by atoms with Gasteiger partial charge >= 0.3 is 0 Å². The fraction of sp³-hybridized carbons (Fsp3) is 0.625. The summed E-state index contributed by atoms with van der Waals surface area (Å²) in [5, 5.41) is 13.3. The zero-order valence-corrected chi connectivity index (χ0v) is 12.8. The zero-order valence-electron chi connectivity index (χ0n) is 12.8. The topological polar surface area (TPSA) is 62.2 Å². The van der Waals surface area contributed by atoms with Crippen molar-refractivity contribution in [3.05, 3.63) is 29.6 Å². The van der Waals surface area contributed by atoms with Gasteiger partial charge in [0, 0.05) is 5.69 Å². The quantitative estimate of drug-likeness (QED) is 0.768. The van der Waals surface area contributed by atoms with Crippen molar-refractivity contribution >= 4 is 5.91 Å². The van der Waals surface area contributed by atoms with Crippen molar-refractivity contribution < 1.29 is 9.90 Å². The van der Waals surface area contributed by atoms with E-state index in [0.29, 0.717) is 19.4 Å². The predicted molar refractivity (Wildman–Crippen MR) is 80.2 cm³/mol. The lowest BCUT2D eigenvalue weighted by atomic mass is 9.89. The summed E-state index contributed by atoms with van der Waals surface area (Å²) < 4.78 is 0.